The Morgan fingerprint density at radius 2 is 1.35 bits per heavy atom. The van der Waals surface area contributed by atoms with Crippen LogP contribution in [0.4, 0.5) is 20.2 Å². The number of amidine groups is 2. The zero-order valence-corrected chi connectivity index (χ0v) is 33.2. The summed E-state index contributed by atoms with van der Waals surface area (Å²) >= 11 is 3.06. The lowest BCUT2D eigenvalue weighted by Crippen LogP contribution is -2.15. The number of nitrogens with zero attached hydrogens (tertiary/aromatic N) is 6. The molecule has 308 valence electrons. The summed E-state index contributed by atoms with van der Waals surface area (Å²) < 4.78 is 37.0. The Morgan fingerprint density at radius 3 is 1.78 bits per heavy atom. The average Bonchev–Trinajstić information content (AvgIpc) is 3.87. The molecule has 5 heterocycles. The van der Waals surface area contributed by atoms with Crippen LogP contribution in [0.2, 0.25) is 0 Å². The molecule has 5 aromatic rings. The lowest BCUT2D eigenvalue weighted by molar-refractivity contribution is 0.0689. The maximum Gasteiger partial charge on any atom is 0.354 e. The van der Waals surface area contributed by atoms with Gasteiger partial charge in [0.2, 0.25) is 11.9 Å². The second-order valence-corrected chi connectivity index (χ2v) is 13.7. The number of carbonyl (C=O) groups excluding carboxylic acids is 2. The van der Waals surface area contributed by atoms with E-state index in [0.29, 0.717) is 34.8 Å². The number of aromatic carboxylic acids is 1. The topological polar surface area (TPSA) is 253 Å². The van der Waals surface area contributed by atoms with Crippen molar-refractivity contribution in [2.75, 3.05) is 23.8 Å². The van der Waals surface area contributed by atoms with Gasteiger partial charge < -0.3 is 36.7 Å². The first-order valence-electron chi connectivity index (χ1n) is 18.1. The number of hydrogen-bond acceptors (Lipinski definition) is 13. The van der Waals surface area contributed by atoms with E-state index in [1.807, 2.05) is 42.5 Å². The zero-order chi connectivity index (χ0) is 43.0. The zero-order valence-electron chi connectivity index (χ0n) is 31.6. The number of nitrogens with one attached hydrogen (secondary N) is 2. The van der Waals surface area contributed by atoms with E-state index in [1.165, 1.54) is 18.3 Å². The predicted molar refractivity (Wildman–Crippen MR) is 220 cm³/mol. The van der Waals surface area contributed by atoms with Crippen molar-refractivity contribution in [3.05, 3.63) is 147 Å². The van der Waals surface area contributed by atoms with E-state index < -0.39 is 23.8 Å². The molecule has 7 rings (SSSR count). The van der Waals surface area contributed by atoms with Gasteiger partial charge in [0.25, 0.3) is 23.9 Å². The van der Waals surface area contributed by atoms with Crippen LogP contribution in [0.3, 0.4) is 0 Å². The van der Waals surface area contributed by atoms with Gasteiger partial charge in [0, 0.05) is 17.6 Å². The standard InChI is InChI=1S/C18H17N5O2.C17H16F2N4O2.C6H4BrNO2/c19-9-15-8-4-13(10-21-15)17(24)22-14-5-1-12(2-6-14)3-7-16-11-25-18(20)23-16;18-14-8-7-13(15(19)23-14)16(24)21-11-4-1-10(2-5-11)3-6-12-9-25-17(20)22-12;7-5-3-1-2-4(8-5)6(9)10/h1-2,4-6,8,10,16H,3,7,11H2,(H2,20,23)(H,22,24);1-2,4-5,7-8,12H,3,6,9H2,(H2,20,22)(H,21,24);1-3H,(H,9,10)/t16-;12-;/m00./s1. The third kappa shape index (κ3) is 13.7. The number of aliphatic imine (C=N–C) groups is 2. The summed E-state index contributed by atoms with van der Waals surface area (Å²) in [5.41, 5.74) is 14.8. The van der Waals surface area contributed by atoms with E-state index in [2.05, 4.69) is 51.5 Å². The maximum absolute atomic E-state index is 13.5. The maximum atomic E-state index is 13.5. The first kappa shape index (κ1) is 43.8. The van der Waals surface area contributed by atoms with E-state index in [1.54, 1.807) is 30.3 Å². The first-order chi connectivity index (χ1) is 28.8. The summed E-state index contributed by atoms with van der Waals surface area (Å²) in [4.78, 5) is 53.4. The van der Waals surface area contributed by atoms with Crippen LogP contribution in [0, 0.1) is 23.2 Å². The molecule has 19 heteroatoms. The molecule has 0 saturated heterocycles. The fourth-order valence-corrected chi connectivity index (χ4v) is 5.79. The number of hydrogen-bond donors (Lipinski definition) is 5. The van der Waals surface area contributed by atoms with Crippen LogP contribution in [0.15, 0.2) is 112 Å². The van der Waals surface area contributed by atoms with Crippen molar-refractivity contribution < 1.29 is 37.7 Å². The second kappa shape index (κ2) is 21.4. The molecule has 2 aromatic carbocycles. The fraction of sp³-hybridized carbons (Fsp3) is 0.195. The van der Waals surface area contributed by atoms with Gasteiger partial charge >= 0.3 is 5.97 Å². The van der Waals surface area contributed by atoms with Crippen LogP contribution in [0.25, 0.3) is 0 Å². The minimum atomic E-state index is -1.15. The molecule has 0 spiro atoms. The molecule has 0 radical (unpaired) electrons. The highest BCUT2D eigenvalue weighted by Crippen LogP contribution is 2.18. The van der Waals surface area contributed by atoms with Gasteiger partial charge in [-0.15, -0.1) is 0 Å². The average molecular weight is 884 g/mol. The molecular formula is C41H37BrF2N10O6. The van der Waals surface area contributed by atoms with Gasteiger partial charge in [-0.1, -0.05) is 30.3 Å². The van der Waals surface area contributed by atoms with E-state index in [9.17, 15) is 23.2 Å². The normalized spacial score (nSPS) is 14.9. The quantitative estimate of drug-likeness (QED) is 0.101. The number of halogens is 3. The molecule has 3 aromatic heterocycles. The predicted octanol–water partition coefficient (Wildman–Crippen LogP) is 5.65. The van der Waals surface area contributed by atoms with Crippen LogP contribution in [0.1, 0.15) is 60.9 Å². The molecule has 0 saturated carbocycles. The SMILES string of the molecule is N#Cc1ccc(C(=O)Nc2ccc(CC[C@H]3COC(N)=N3)cc2)cn1.NC1=N[C@@H](CCc2ccc(NC(=O)c3ccc(F)nc3F)cc2)CO1.O=C(O)c1cccc(Br)n1. The lowest BCUT2D eigenvalue weighted by atomic mass is 10.1. The highest BCUT2D eigenvalue weighted by atomic mass is 79.9. The van der Waals surface area contributed by atoms with Crippen molar-refractivity contribution in [1.82, 2.24) is 15.0 Å². The fourth-order valence-electron chi connectivity index (χ4n) is 5.45. The van der Waals surface area contributed by atoms with Crippen LogP contribution >= 0.6 is 15.9 Å². The van der Waals surface area contributed by atoms with Gasteiger partial charge in [0.1, 0.15) is 35.3 Å². The number of carboxylic acid groups (broad SMARTS) is 1. The highest BCUT2D eigenvalue weighted by Gasteiger charge is 2.18. The van der Waals surface area contributed by atoms with Gasteiger partial charge in [0.15, 0.2) is 0 Å². The molecule has 0 bridgehead atoms. The van der Waals surface area contributed by atoms with Gasteiger partial charge in [0.05, 0.1) is 23.2 Å². The molecule has 0 unspecified atom stereocenters. The third-order valence-corrected chi connectivity index (χ3v) is 9.00. The molecular weight excluding hydrogens is 846 g/mol. The summed E-state index contributed by atoms with van der Waals surface area (Å²) in [6, 6.07) is 27.2. The van der Waals surface area contributed by atoms with Crippen molar-refractivity contribution >= 4 is 57.1 Å². The number of ether oxygens (including phenoxy) is 2. The Bertz CT molecular complexity index is 2400. The minimum Gasteiger partial charge on any atom is -0.477 e. The number of pyridine rings is 3. The van der Waals surface area contributed by atoms with Gasteiger partial charge in [-0.05, 0) is 113 Å². The third-order valence-electron chi connectivity index (χ3n) is 8.56. The van der Waals surface area contributed by atoms with Crippen molar-refractivity contribution in [2.45, 2.75) is 37.8 Å². The number of carbonyl (C=O) groups is 3. The van der Waals surface area contributed by atoms with Crippen LogP contribution < -0.4 is 22.1 Å². The smallest absolute Gasteiger partial charge is 0.354 e. The van der Waals surface area contributed by atoms with Crippen molar-refractivity contribution in [3.63, 3.8) is 0 Å². The van der Waals surface area contributed by atoms with E-state index >= 15 is 0 Å². The second-order valence-electron chi connectivity index (χ2n) is 12.9. The van der Waals surface area contributed by atoms with Gasteiger partial charge in [-0.2, -0.15) is 19.0 Å². The molecule has 2 aliphatic rings. The first-order valence-corrected chi connectivity index (χ1v) is 18.9. The summed E-state index contributed by atoms with van der Waals surface area (Å²) in [5.74, 6) is -4.09. The lowest BCUT2D eigenvalue weighted by Gasteiger charge is -2.08. The monoisotopic (exact) mass is 882 g/mol. The number of carboxylic acids is 1. The number of aryl methyl sites for hydroxylation is 2. The summed E-state index contributed by atoms with van der Waals surface area (Å²) in [5, 5.41) is 22.5. The minimum absolute atomic E-state index is 0.0503. The van der Waals surface area contributed by atoms with Gasteiger partial charge in [-0.25, -0.2) is 24.7 Å². The molecule has 0 aliphatic carbocycles. The molecule has 2 aliphatic heterocycles. The number of benzene rings is 2. The number of anilines is 2. The Labute approximate surface area is 350 Å². The number of amides is 2. The highest BCUT2D eigenvalue weighted by molar-refractivity contribution is 9.10. The molecule has 0 fully saturated rings. The number of nitrogens with two attached hydrogens (primary N) is 2. The number of aromatic nitrogens is 3. The Balaban J connectivity index is 0.000000186. The van der Waals surface area contributed by atoms with Gasteiger partial charge in [-0.3, -0.25) is 9.59 Å². The van der Waals surface area contributed by atoms with Crippen molar-refractivity contribution in [2.24, 2.45) is 21.5 Å². The Morgan fingerprint density at radius 1 is 0.783 bits per heavy atom. The summed E-state index contributed by atoms with van der Waals surface area (Å²) in [6.45, 7) is 1.04. The molecule has 16 nitrogen and oxygen atoms in total. The van der Waals surface area contributed by atoms with Crippen LogP contribution in [-0.2, 0) is 22.3 Å². The van der Waals surface area contributed by atoms with E-state index in [4.69, 9.17) is 31.3 Å². The summed E-state index contributed by atoms with van der Waals surface area (Å²) in [6.07, 6.45) is 4.70. The largest absolute Gasteiger partial charge is 0.477 e. The molecule has 2 amide bonds. The summed E-state index contributed by atoms with van der Waals surface area (Å²) in [7, 11) is 0. The van der Waals surface area contributed by atoms with Crippen LogP contribution in [0.5, 0.6) is 0 Å². The number of nitriles is 1. The number of rotatable bonds is 11. The van der Waals surface area contributed by atoms with Crippen molar-refractivity contribution in [1.29, 1.82) is 5.26 Å². The van der Waals surface area contributed by atoms with E-state index in [-0.39, 0.29) is 47.0 Å². The molecule has 7 N–H and O–H groups in total. The Hall–Kier alpha value is -7.33. The van der Waals surface area contributed by atoms with Crippen LogP contribution in [-0.4, -0.2) is 75.2 Å². The van der Waals surface area contributed by atoms with E-state index in [0.717, 1.165) is 48.9 Å². The Kier molecular flexibility index (Phi) is 15.6. The molecule has 60 heavy (non-hydrogen) atoms. The van der Waals surface area contributed by atoms with Crippen molar-refractivity contribution in [3.8, 4) is 6.07 Å². The molecule has 2 atom stereocenters.